The fourth-order valence-corrected chi connectivity index (χ4v) is 3.51. The van der Waals surface area contributed by atoms with E-state index in [1.165, 1.54) is 4.90 Å². The summed E-state index contributed by atoms with van der Waals surface area (Å²) >= 11 is 1.77. The van der Waals surface area contributed by atoms with Crippen LogP contribution in [0.2, 0.25) is 0 Å². The predicted octanol–water partition coefficient (Wildman–Crippen LogP) is 2.55. The molecule has 0 aliphatic heterocycles. The van der Waals surface area contributed by atoms with Crippen LogP contribution in [0.4, 0.5) is 0 Å². The van der Waals surface area contributed by atoms with Gasteiger partial charge >= 0.3 is 0 Å². The fourth-order valence-electron chi connectivity index (χ4n) is 1.78. The lowest BCUT2D eigenvalue weighted by atomic mass is 10.3. The second-order valence-corrected chi connectivity index (χ2v) is 10.3. The third-order valence-electron chi connectivity index (χ3n) is 3.31. The summed E-state index contributed by atoms with van der Waals surface area (Å²) in [6.45, 7) is 8.91. The van der Waals surface area contributed by atoms with Crippen LogP contribution >= 0.6 is 11.8 Å². The summed E-state index contributed by atoms with van der Waals surface area (Å²) in [5.41, 5.74) is 0. The van der Waals surface area contributed by atoms with Crippen LogP contribution in [0.5, 0.6) is 0 Å². The molecular formula is C17H29N3O2S2. The van der Waals surface area contributed by atoms with E-state index in [1.54, 1.807) is 32.5 Å². The van der Waals surface area contributed by atoms with E-state index in [4.69, 9.17) is 0 Å². The van der Waals surface area contributed by atoms with Gasteiger partial charge in [-0.2, -0.15) is 0 Å². The summed E-state index contributed by atoms with van der Waals surface area (Å²) < 4.78 is 23.5. The second-order valence-electron chi connectivity index (χ2n) is 6.28. The van der Waals surface area contributed by atoms with E-state index in [0.29, 0.717) is 5.96 Å². The van der Waals surface area contributed by atoms with Gasteiger partial charge in [-0.15, -0.1) is 11.8 Å². The van der Waals surface area contributed by atoms with Gasteiger partial charge in [0.2, 0.25) is 0 Å². The van der Waals surface area contributed by atoms with Gasteiger partial charge in [-0.3, -0.25) is 4.99 Å². The Labute approximate surface area is 150 Å². The molecule has 136 valence electrons. The predicted molar refractivity (Wildman–Crippen MR) is 105 cm³/mol. The van der Waals surface area contributed by atoms with Gasteiger partial charge in [-0.1, -0.05) is 18.2 Å². The van der Waals surface area contributed by atoms with Crippen molar-refractivity contribution in [2.45, 2.75) is 37.3 Å². The molecule has 0 saturated heterocycles. The summed E-state index contributed by atoms with van der Waals surface area (Å²) in [5.74, 6) is 1.64. The lowest BCUT2D eigenvalue weighted by molar-refractivity contribution is 0.560. The Hall–Kier alpha value is -1.21. The molecule has 1 aromatic carbocycles. The number of hydrogen-bond donors (Lipinski definition) is 2. The number of rotatable bonds is 8. The molecule has 0 radical (unpaired) electrons. The molecule has 0 aliphatic carbocycles. The molecule has 1 aromatic rings. The molecule has 0 heterocycles. The van der Waals surface area contributed by atoms with Gasteiger partial charge in [-0.05, 0) is 39.8 Å². The van der Waals surface area contributed by atoms with E-state index in [1.807, 2.05) is 25.1 Å². The Bertz CT molecular complexity index is 608. The number of benzene rings is 1. The van der Waals surface area contributed by atoms with Crippen molar-refractivity contribution in [1.82, 2.24) is 10.6 Å². The van der Waals surface area contributed by atoms with Gasteiger partial charge in [0.15, 0.2) is 15.8 Å². The number of sulfone groups is 1. The molecule has 0 saturated carbocycles. The third-order valence-corrected chi connectivity index (χ3v) is 6.91. The van der Waals surface area contributed by atoms with Crippen molar-refractivity contribution >= 4 is 27.6 Å². The summed E-state index contributed by atoms with van der Waals surface area (Å²) in [4.78, 5) is 5.60. The summed E-state index contributed by atoms with van der Waals surface area (Å²) in [7, 11) is -3.14. The first-order chi connectivity index (χ1) is 11.3. The second kappa shape index (κ2) is 9.93. The molecule has 24 heavy (non-hydrogen) atoms. The minimum Gasteiger partial charge on any atom is -0.357 e. The summed E-state index contributed by atoms with van der Waals surface area (Å²) in [6.07, 6.45) is 0. The highest BCUT2D eigenvalue weighted by Gasteiger charge is 2.28. The molecule has 1 rings (SSSR count). The molecule has 0 aromatic heterocycles. The van der Waals surface area contributed by atoms with Gasteiger partial charge in [0.25, 0.3) is 0 Å². The molecular weight excluding hydrogens is 342 g/mol. The van der Waals surface area contributed by atoms with Crippen LogP contribution in [0.25, 0.3) is 0 Å². The monoisotopic (exact) mass is 371 g/mol. The zero-order chi connectivity index (χ0) is 18.1. The maximum absolute atomic E-state index is 12.1. The number of nitrogens with one attached hydrogen (secondary N) is 2. The number of hydrogen-bond acceptors (Lipinski definition) is 4. The molecule has 0 aliphatic rings. The maximum Gasteiger partial charge on any atom is 0.191 e. The average Bonchev–Trinajstić information content (AvgIpc) is 2.51. The van der Waals surface area contributed by atoms with Crippen molar-refractivity contribution in [2.24, 2.45) is 4.99 Å². The van der Waals surface area contributed by atoms with Crippen LogP contribution in [-0.2, 0) is 9.84 Å². The highest BCUT2D eigenvalue weighted by Crippen LogP contribution is 2.16. The lowest BCUT2D eigenvalue weighted by Gasteiger charge is -2.18. The molecule has 7 heteroatoms. The van der Waals surface area contributed by atoms with Crippen LogP contribution in [0.3, 0.4) is 0 Å². The Morgan fingerprint density at radius 3 is 2.42 bits per heavy atom. The summed E-state index contributed by atoms with van der Waals surface area (Å²) in [5, 5.41) is 6.38. The fraction of sp³-hybridized carbons (Fsp3) is 0.588. The van der Waals surface area contributed by atoms with Crippen LogP contribution in [0.15, 0.2) is 40.2 Å². The number of guanidine groups is 1. The minimum absolute atomic E-state index is 0.0613. The van der Waals surface area contributed by atoms with Gasteiger partial charge in [0.05, 0.1) is 17.0 Å². The van der Waals surface area contributed by atoms with E-state index < -0.39 is 14.6 Å². The standard InChI is InChI=1S/C17H29N3O2S2/c1-5-18-16(20-12-14-24(21,22)17(2,3)4)19-11-13-23-15-9-7-6-8-10-15/h6-10H,5,11-14H2,1-4H3,(H2,18,19,20). The largest absolute Gasteiger partial charge is 0.357 e. The molecule has 0 spiro atoms. The van der Waals surface area contributed by atoms with Crippen LogP contribution in [-0.4, -0.2) is 50.3 Å². The Morgan fingerprint density at radius 1 is 1.17 bits per heavy atom. The number of nitrogens with zero attached hydrogens (tertiary/aromatic N) is 1. The molecule has 0 bridgehead atoms. The molecule has 0 amide bonds. The zero-order valence-corrected chi connectivity index (χ0v) is 16.6. The van der Waals surface area contributed by atoms with Crippen molar-refractivity contribution < 1.29 is 8.42 Å². The Kier molecular flexibility index (Phi) is 8.62. The van der Waals surface area contributed by atoms with Crippen molar-refractivity contribution in [3.05, 3.63) is 30.3 Å². The first-order valence-corrected chi connectivity index (χ1v) is 10.8. The van der Waals surface area contributed by atoms with Crippen molar-refractivity contribution in [1.29, 1.82) is 0 Å². The highest BCUT2D eigenvalue weighted by molar-refractivity contribution is 7.99. The topological polar surface area (TPSA) is 70.6 Å². The van der Waals surface area contributed by atoms with Crippen molar-refractivity contribution in [3.8, 4) is 0 Å². The maximum atomic E-state index is 12.1. The van der Waals surface area contributed by atoms with Gasteiger partial charge < -0.3 is 10.6 Å². The van der Waals surface area contributed by atoms with Crippen molar-refractivity contribution in [2.75, 3.05) is 31.1 Å². The van der Waals surface area contributed by atoms with E-state index in [9.17, 15) is 8.42 Å². The Balaban J connectivity index is 2.42. The minimum atomic E-state index is -3.14. The first kappa shape index (κ1) is 20.8. The highest BCUT2D eigenvalue weighted by atomic mass is 32.2. The van der Waals surface area contributed by atoms with Crippen LogP contribution < -0.4 is 10.6 Å². The molecule has 2 N–H and O–H groups in total. The third kappa shape index (κ3) is 7.57. The normalized spacial score (nSPS) is 12.9. The SMILES string of the molecule is CCNC(=NCCS(=O)(=O)C(C)(C)C)NCCSc1ccccc1. The quantitative estimate of drug-likeness (QED) is 0.318. The Morgan fingerprint density at radius 2 is 1.83 bits per heavy atom. The van der Waals surface area contributed by atoms with E-state index >= 15 is 0 Å². The number of thioether (sulfide) groups is 1. The van der Waals surface area contributed by atoms with E-state index in [2.05, 4.69) is 27.8 Å². The van der Waals surface area contributed by atoms with Crippen molar-refractivity contribution in [3.63, 3.8) is 0 Å². The molecule has 0 atom stereocenters. The molecule has 5 nitrogen and oxygen atoms in total. The zero-order valence-electron chi connectivity index (χ0n) is 15.0. The summed E-state index contributed by atoms with van der Waals surface area (Å²) in [6, 6.07) is 10.2. The number of aliphatic imine (C=N–C) groups is 1. The lowest BCUT2D eigenvalue weighted by Crippen LogP contribution is -2.39. The molecule has 0 unspecified atom stereocenters. The molecule has 0 fully saturated rings. The van der Waals surface area contributed by atoms with Crippen LogP contribution in [0.1, 0.15) is 27.7 Å². The van der Waals surface area contributed by atoms with E-state index in [0.717, 1.165) is 18.8 Å². The van der Waals surface area contributed by atoms with Gasteiger partial charge in [0, 0.05) is 23.7 Å². The van der Waals surface area contributed by atoms with Crippen LogP contribution in [0, 0.1) is 0 Å². The average molecular weight is 372 g/mol. The smallest absolute Gasteiger partial charge is 0.191 e. The first-order valence-electron chi connectivity index (χ1n) is 8.18. The van der Waals surface area contributed by atoms with E-state index in [-0.39, 0.29) is 12.3 Å². The van der Waals surface area contributed by atoms with Gasteiger partial charge in [0.1, 0.15) is 0 Å². The van der Waals surface area contributed by atoms with Gasteiger partial charge in [-0.25, -0.2) is 8.42 Å².